The Kier molecular flexibility index (Phi) is 5.12. The normalized spacial score (nSPS) is 10.7. The summed E-state index contributed by atoms with van der Waals surface area (Å²) in [5.74, 6) is 1.55. The Balaban J connectivity index is 2.66. The SMILES string of the molecule is CC(C)CCOc1c(Br)cccc1CN. The molecule has 0 radical (unpaired) electrons. The van der Waals surface area contributed by atoms with Gasteiger partial charge in [-0.25, -0.2) is 0 Å². The first-order valence-electron chi connectivity index (χ1n) is 5.25. The molecule has 2 nitrogen and oxygen atoms in total. The maximum atomic E-state index is 5.74. The lowest BCUT2D eigenvalue weighted by Crippen LogP contribution is -2.06. The van der Waals surface area contributed by atoms with Crippen molar-refractivity contribution in [2.75, 3.05) is 6.61 Å². The second-order valence-electron chi connectivity index (χ2n) is 3.96. The summed E-state index contributed by atoms with van der Waals surface area (Å²) in [5.41, 5.74) is 6.70. The Morgan fingerprint density at radius 2 is 2.13 bits per heavy atom. The van der Waals surface area contributed by atoms with Crippen molar-refractivity contribution in [3.8, 4) is 5.75 Å². The molecule has 84 valence electrons. The summed E-state index contributed by atoms with van der Waals surface area (Å²) in [6.07, 6.45) is 1.06. The van der Waals surface area contributed by atoms with Gasteiger partial charge in [-0.15, -0.1) is 0 Å². The van der Waals surface area contributed by atoms with Crippen LogP contribution in [0.25, 0.3) is 0 Å². The Labute approximate surface area is 99.9 Å². The van der Waals surface area contributed by atoms with Gasteiger partial charge in [0.1, 0.15) is 5.75 Å². The fraction of sp³-hybridized carbons (Fsp3) is 0.500. The highest BCUT2D eigenvalue weighted by atomic mass is 79.9. The minimum absolute atomic E-state index is 0.510. The fourth-order valence-corrected chi connectivity index (χ4v) is 1.79. The van der Waals surface area contributed by atoms with E-state index >= 15 is 0 Å². The van der Waals surface area contributed by atoms with Crippen molar-refractivity contribution >= 4 is 15.9 Å². The number of hydrogen-bond acceptors (Lipinski definition) is 2. The van der Waals surface area contributed by atoms with Gasteiger partial charge >= 0.3 is 0 Å². The van der Waals surface area contributed by atoms with Crippen LogP contribution in [0, 0.1) is 5.92 Å². The molecule has 0 aromatic heterocycles. The molecule has 1 rings (SSSR count). The Hall–Kier alpha value is -0.540. The number of nitrogens with two attached hydrogens (primary N) is 1. The highest BCUT2D eigenvalue weighted by molar-refractivity contribution is 9.10. The van der Waals surface area contributed by atoms with Crippen molar-refractivity contribution in [3.05, 3.63) is 28.2 Å². The number of hydrogen-bond donors (Lipinski definition) is 1. The molecule has 0 amide bonds. The first-order valence-corrected chi connectivity index (χ1v) is 6.04. The molecule has 0 aliphatic rings. The van der Waals surface area contributed by atoms with Gasteiger partial charge < -0.3 is 10.5 Å². The Morgan fingerprint density at radius 1 is 1.40 bits per heavy atom. The summed E-state index contributed by atoms with van der Waals surface area (Å²) in [4.78, 5) is 0. The van der Waals surface area contributed by atoms with Crippen molar-refractivity contribution in [2.45, 2.75) is 26.8 Å². The van der Waals surface area contributed by atoms with E-state index in [0.717, 1.165) is 28.8 Å². The molecule has 0 unspecified atom stereocenters. The van der Waals surface area contributed by atoms with Gasteiger partial charge in [-0.3, -0.25) is 0 Å². The molecule has 0 bridgehead atoms. The third kappa shape index (κ3) is 3.84. The highest BCUT2D eigenvalue weighted by Crippen LogP contribution is 2.29. The van der Waals surface area contributed by atoms with Crippen molar-refractivity contribution in [2.24, 2.45) is 11.7 Å². The summed E-state index contributed by atoms with van der Waals surface area (Å²) in [5, 5.41) is 0. The molecule has 0 saturated carbocycles. The zero-order valence-corrected chi connectivity index (χ0v) is 10.9. The van der Waals surface area contributed by atoms with Gasteiger partial charge in [0.25, 0.3) is 0 Å². The first-order chi connectivity index (χ1) is 7.15. The molecule has 3 heteroatoms. The van der Waals surface area contributed by atoms with E-state index in [1.54, 1.807) is 0 Å². The van der Waals surface area contributed by atoms with Crippen LogP contribution >= 0.6 is 15.9 Å². The van der Waals surface area contributed by atoms with E-state index in [1.807, 2.05) is 18.2 Å². The van der Waals surface area contributed by atoms with Gasteiger partial charge in [0.15, 0.2) is 0 Å². The average Bonchev–Trinajstić information content (AvgIpc) is 2.20. The molecule has 1 aromatic rings. The van der Waals surface area contributed by atoms with E-state index in [1.165, 1.54) is 0 Å². The van der Waals surface area contributed by atoms with Crippen molar-refractivity contribution in [1.29, 1.82) is 0 Å². The standard InChI is InChI=1S/C12H18BrNO/c1-9(2)6-7-15-12-10(8-14)4-3-5-11(12)13/h3-5,9H,6-8,14H2,1-2H3. The van der Waals surface area contributed by atoms with E-state index in [2.05, 4.69) is 29.8 Å². The molecule has 0 atom stereocenters. The number of benzene rings is 1. The monoisotopic (exact) mass is 271 g/mol. The number of rotatable bonds is 5. The van der Waals surface area contributed by atoms with E-state index in [-0.39, 0.29) is 0 Å². The minimum Gasteiger partial charge on any atom is -0.492 e. The van der Waals surface area contributed by atoms with Crippen LogP contribution in [0.3, 0.4) is 0 Å². The summed E-state index contributed by atoms with van der Waals surface area (Å²) < 4.78 is 6.72. The third-order valence-corrected chi connectivity index (χ3v) is 2.83. The zero-order chi connectivity index (χ0) is 11.3. The molecule has 2 N–H and O–H groups in total. The molecule has 0 aliphatic carbocycles. The lowest BCUT2D eigenvalue weighted by Gasteiger charge is -2.13. The number of halogens is 1. The van der Waals surface area contributed by atoms with E-state index in [4.69, 9.17) is 10.5 Å². The van der Waals surface area contributed by atoms with Gasteiger partial charge in [-0.05, 0) is 34.3 Å². The second-order valence-corrected chi connectivity index (χ2v) is 4.82. The molecule has 0 aliphatic heterocycles. The largest absolute Gasteiger partial charge is 0.492 e. The van der Waals surface area contributed by atoms with Gasteiger partial charge in [0.2, 0.25) is 0 Å². The smallest absolute Gasteiger partial charge is 0.137 e. The maximum Gasteiger partial charge on any atom is 0.137 e. The van der Waals surface area contributed by atoms with E-state index in [9.17, 15) is 0 Å². The van der Waals surface area contributed by atoms with Crippen LogP contribution in [-0.2, 0) is 6.54 Å². The summed E-state index contributed by atoms with van der Waals surface area (Å²) in [7, 11) is 0. The molecule has 0 heterocycles. The Morgan fingerprint density at radius 3 is 2.73 bits per heavy atom. The molecule has 0 spiro atoms. The predicted octanol–water partition coefficient (Wildman–Crippen LogP) is 3.33. The predicted molar refractivity (Wildman–Crippen MR) is 67.0 cm³/mol. The maximum absolute atomic E-state index is 5.74. The molecule has 0 fully saturated rings. The second kappa shape index (κ2) is 6.13. The molecular formula is C12H18BrNO. The van der Waals surface area contributed by atoms with E-state index < -0.39 is 0 Å². The van der Waals surface area contributed by atoms with Crippen molar-refractivity contribution in [1.82, 2.24) is 0 Å². The highest BCUT2D eigenvalue weighted by Gasteiger charge is 2.06. The quantitative estimate of drug-likeness (QED) is 0.892. The van der Waals surface area contributed by atoms with Gasteiger partial charge in [0, 0.05) is 12.1 Å². The van der Waals surface area contributed by atoms with E-state index in [0.29, 0.717) is 12.5 Å². The molecular weight excluding hydrogens is 254 g/mol. The van der Waals surface area contributed by atoms with Crippen LogP contribution in [0.1, 0.15) is 25.8 Å². The first kappa shape index (κ1) is 12.5. The molecule has 0 saturated heterocycles. The minimum atomic E-state index is 0.510. The van der Waals surface area contributed by atoms with Crippen LogP contribution in [0.4, 0.5) is 0 Å². The van der Waals surface area contributed by atoms with Crippen LogP contribution in [0.5, 0.6) is 5.75 Å². The Bertz CT molecular complexity index is 312. The lowest BCUT2D eigenvalue weighted by atomic mass is 10.1. The lowest BCUT2D eigenvalue weighted by molar-refractivity contribution is 0.285. The summed E-state index contributed by atoms with van der Waals surface area (Å²) in [6.45, 7) is 5.63. The van der Waals surface area contributed by atoms with Crippen LogP contribution in [0.15, 0.2) is 22.7 Å². The average molecular weight is 272 g/mol. The number of para-hydroxylation sites is 1. The van der Waals surface area contributed by atoms with Crippen LogP contribution < -0.4 is 10.5 Å². The zero-order valence-electron chi connectivity index (χ0n) is 9.29. The number of ether oxygens (including phenoxy) is 1. The van der Waals surface area contributed by atoms with Crippen LogP contribution in [-0.4, -0.2) is 6.61 Å². The fourth-order valence-electron chi connectivity index (χ4n) is 1.27. The van der Waals surface area contributed by atoms with Gasteiger partial charge in [-0.1, -0.05) is 26.0 Å². The summed E-state index contributed by atoms with van der Waals surface area (Å²) in [6, 6.07) is 5.95. The van der Waals surface area contributed by atoms with Crippen LogP contribution in [0.2, 0.25) is 0 Å². The van der Waals surface area contributed by atoms with Gasteiger partial charge in [0.05, 0.1) is 11.1 Å². The third-order valence-electron chi connectivity index (χ3n) is 2.21. The van der Waals surface area contributed by atoms with Gasteiger partial charge in [-0.2, -0.15) is 0 Å². The molecule has 15 heavy (non-hydrogen) atoms. The summed E-state index contributed by atoms with van der Waals surface area (Å²) >= 11 is 3.47. The van der Waals surface area contributed by atoms with Crippen molar-refractivity contribution < 1.29 is 4.74 Å². The molecule has 1 aromatic carbocycles. The van der Waals surface area contributed by atoms with Crippen molar-refractivity contribution in [3.63, 3.8) is 0 Å². The topological polar surface area (TPSA) is 35.2 Å².